The Kier molecular flexibility index (Phi) is 3.88. The second-order valence-corrected chi connectivity index (χ2v) is 2.22. The maximum atomic E-state index is 11.3. The molecule has 0 fully saturated rings. The Bertz CT molecular complexity index is 60.7. The van der Waals surface area contributed by atoms with Gasteiger partial charge in [0.05, 0.1) is 0 Å². The lowest BCUT2D eigenvalue weighted by atomic mass is 10.5. The van der Waals surface area contributed by atoms with Crippen LogP contribution in [0.4, 0.5) is 8.22 Å². The molecule has 0 saturated carbocycles. The van der Waals surface area contributed by atoms with Gasteiger partial charge in [0, 0.05) is 0 Å². The van der Waals surface area contributed by atoms with E-state index in [1.165, 1.54) is 6.08 Å². The van der Waals surface area contributed by atoms with Gasteiger partial charge < -0.3 is 0 Å². The molecule has 0 bridgehead atoms. The van der Waals surface area contributed by atoms with E-state index in [-0.39, 0.29) is 0 Å². The van der Waals surface area contributed by atoms with E-state index in [2.05, 4.69) is 0 Å². The van der Waals surface area contributed by atoms with Gasteiger partial charge in [-0.2, -0.15) is 0 Å². The molecular formula is C4H8F2Si. The van der Waals surface area contributed by atoms with Crippen LogP contribution < -0.4 is 0 Å². The van der Waals surface area contributed by atoms with E-state index in [0.29, 0.717) is 0 Å². The lowest BCUT2D eigenvalue weighted by molar-refractivity contribution is 0.682. The molecule has 0 aliphatic carbocycles. The molecule has 0 aromatic rings. The Labute approximate surface area is 43.8 Å². The molecule has 0 saturated heterocycles. The van der Waals surface area contributed by atoms with Crippen molar-refractivity contribution >= 4 is 9.46 Å². The summed E-state index contributed by atoms with van der Waals surface area (Å²) in [4.78, 5) is 0. The van der Waals surface area contributed by atoms with Crippen LogP contribution in [0.3, 0.4) is 0 Å². The van der Waals surface area contributed by atoms with Crippen molar-refractivity contribution in [2.24, 2.45) is 0 Å². The summed E-state index contributed by atoms with van der Waals surface area (Å²) in [7, 11) is -3.37. The van der Waals surface area contributed by atoms with E-state index < -0.39 is 9.46 Å². The summed E-state index contributed by atoms with van der Waals surface area (Å²) in [6.07, 6.45) is 2.23. The predicted molar refractivity (Wildman–Crippen MR) is 28.8 cm³/mol. The van der Waals surface area contributed by atoms with Crippen LogP contribution in [0.2, 0.25) is 0 Å². The van der Waals surface area contributed by atoms with Gasteiger partial charge in [-0.15, -0.1) is 0 Å². The first-order valence-electron chi connectivity index (χ1n) is 2.22. The lowest BCUT2D eigenvalue weighted by Gasteiger charge is -1.78. The van der Waals surface area contributed by atoms with E-state index >= 15 is 0 Å². The zero-order chi connectivity index (χ0) is 5.70. The van der Waals surface area contributed by atoms with Crippen LogP contribution >= 0.6 is 0 Å². The Morgan fingerprint density at radius 2 is 2.14 bits per heavy atom. The van der Waals surface area contributed by atoms with E-state index in [1.807, 2.05) is 6.92 Å². The molecule has 0 aliphatic rings. The number of halogens is 2. The summed E-state index contributed by atoms with van der Waals surface area (Å²) in [5.74, 6) is 0. The van der Waals surface area contributed by atoms with E-state index in [0.717, 1.165) is 12.1 Å². The van der Waals surface area contributed by atoms with Gasteiger partial charge >= 0.3 is 9.46 Å². The average molecular weight is 122 g/mol. The minimum absolute atomic E-state index is 0.720. The third-order valence-corrected chi connectivity index (χ3v) is 1.08. The molecule has 0 heterocycles. The van der Waals surface area contributed by atoms with Crippen LogP contribution in [0, 0.1) is 0 Å². The van der Waals surface area contributed by atoms with Crippen LogP contribution in [0.15, 0.2) is 11.8 Å². The summed E-state index contributed by atoms with van der Waals surface area (Å²) in [5, 5.41) is 0. The van der Waals surface area contributed by atoms with Crippen molar-refractivity contribution in [1.82, 2.24) is 0 Å². The zero-order valence-corrected chi connectivity index (χ0v) is 5.35. The van der Waals surface area contributed by atoms with Gasteiger partial charge in [-0.3, -0.25) is 8.22 Å². The number of hydrogen-bond acceptors (Lipinski definition) is 0. The third-order valence-electron chi connectivity index (χ3n) is 0.517. The summed E-state index contributed by atoms with van der Waals surface area (Å²) >= 11 is 0. The van der Waals surface area contributed by atoms with E-state index in [1.54, 1.807) is 0 Å². The minimum Gasteiger partial charge on any atom is -0.269 e. The highest BCUT2D eigenvalue weighted by Crippen LogP contribution is 1.88. The third kappa shape index (κ3) is 5.82. The summed E-state index contributed by atoms with van der Waals surface area (Å²) < 4.78 is 22.5. The van der Waals surface area contributed by atoms with Crippen molar-refractivity contribution < 1.29 is 8.22 Å². The number of allylic oxidation sites excluding steroid dienone is 1. The van der Waals surface area contributed by atoms with Crippen molar-refractivity contribution in [3.8, 4) is 0 Å². The van der Waals surface area contributed by atoms with Gasteiger partial charge in [0.25, 0.3) is 0 Å². The first-order chi connectivity index (χ1) is 3.27. The smallest absolute Gasteiger partial charge is 0.269 e. The molecule has 0 N–H and O–H groups in total. The normalized spacial score (nSPS) is 11.4. The monoisotopic (exact) mass is 122 g/mol. The average Bonchev–Trinajstić information content (AvgIpc) is 1.61. The first kappa shape index (κ1) is 6.82. The molecule has 0 aliphatic heterocycles. The highest BCUT2D eigenvalue weighted by molar-refractivity contribution is 6.49. The van der Waals surface area contributed by atoms with Gasteiger partial charge in [-0.1, -0.05) is 13.0 Å². The van der Waals surface area contributed by atoms with Crippen molar-refractivity contribution in [2.45, 2.75) is 13.3 Å². The summed E-state index contributed by atoms with van der Waals surface area (Å²) in [6, 6.07) is 0. The maximum absolute atomic E-state index is 11.3. The Morgan fingerprint density at radius 3 is 2.29 bits per heavy atom. The molecule has 0 spiro atoms. The van der Waals surface area contributed by atoms with Crippen molar-refractivity contribution in [2.75, 3.05) is 0 Å². The number of rotatable bonds is 2. The fraction of sp³-hybridized carbons (Fsp3) is 0.500. The largest absolute Gasteiger partial charge is 0.434 e. The predicted octanol–water partition coefficient (Wildman–Crippen LogP) is 1.65. The maximum Gasteiger partial charge on any atom is 0.434 e. The van der Waals surface area contributed by atoms with Crippen molar-refractivity contribution in [1.29, 1.82) is 0 Å². The molecule has 0 unspecified atom stereocenters. The zero-order valence-electron chi connectivity index (χ0n) is 4.20. The van der Waals surface area contributed by atoms with Crippen molar-refractivity contribution in [3.05, 3.63) is 11.8 Å². The van der Waals surface area contributed by atoms with Crippen LogP contribution in [0.5, 0.6) is 0 Å². The van der Waals surface area contributed by atoms with Gasteiger partial charge in [-0.05, 0) is 12.1 Å². The SMILES string of the molecule is CCC=C[SiH](F)F. The molecule has 0 nitrogen and oxygen atoms in total. The van der Waals surface area contributed by atoms with Gasteiger partial charge in [0.1, 0.15) is 0 Å². The second kappa shape index (κ2) is 3.99. The fourth-order valence-corrected chi connectivity index (χ4v) is 0.717. The molecule has 0 aromatic heterocycles. The molecular weight excluding hydrogens is 114 g/mol. The number of hydrogen-bond donors (Lipinski definition) is 0. The van der Waals surface area contributed by atoms with Crippen molar-refractivity contribution in [3.63, 3.8) is 0 Å². The topological polar surface area (TPSA) is 0 Å². The standard InChI is InChI=1S/C4H8F2Si/c1-2-3-4-7(5)6/h3-4,7H,2H2,1H3. The Morgan fingerprint density at radius 1 is 1.57 bits per heavy atom. The highest BCUT2D eigenvalue weighted by atomic mass is 28.4. The fourth-order valence-electron chi connectivity index (χ4n) is 0.239. The summed E-state index contributed by atoms with van der Waals surface area (Å²) in [6.45, 7) is 1.84. The molecule has 0 radical (unpaired) electrons. The van der Waals surface area contributed by atoms with Crippen LogP contribution in [-0.2, 0) is 0 Å². The molecule has 42 valence electrons. The minimum atomic E-state index is -3.37. The molecule has 7 heavy (non-hydrogen) atoms. The molecule has 0 aromatic carbocycles. The van der Waals surface area contributed by atoms with Crippen LogP contribution in [0.1, 0.15) is 13.3 Å². The molecule has 3 heteroatoms. The van der Waals surface area contributed by atoms with Gasteiger partial charge in [0.2, 0.25) is 0 Å². The van der Waals surface area contributed by atoms with E-state index in [9.17, 15) is 8.22 Å². The first-order valence-corrected chi connectivity index (χ1v) is 3.76. The molecule has 0 rings (SSSR count). The van der Waals surface area contributed by atoms with E-state index in [4.69, 9.17) is 0 Å². The lowest BCUT2D eigenvalue weighted by Crippen LogP contribution is -1.86. The van der Waals surface area contributed by atoms with Gasteiger partial charge in [-0.25, -0.2) is 0 Å². The quantitative estimate of drug-likeness (QED) is 0.386. The summed E-state index contributed by atoms with van der Waals surface area (Å²) in [5.41, 5.74) is 1.03. The highest BCUT2D eigenvalue weighted by Gasteiger charge is 1.95. The molecule has 0 amide bonds. The Hall–Kier alpha value is -0.183. The van der Waals surface area contributed by atoms with Gasteiger partial charge in [0.15, 0.2) is 0 Å². The van der Waals surface area contributed by atoms with Crippen LogP contribution in [0.25, 0.3) is 0 Å². The second-order valence-electron chi connectivity index (χ2n) is 1.17. The van der Waals surface area contributed by atoms with Crippen LogP contribution in [-0.4, -0.2) is 9.46 Å². The molecule has 0 atom stereocenters. The Balaban J connectivity index is 3.08.